The van der Waals surface area contributed by atoms with Gasteiger partial charge in [-0.2, -0.15) is 5.10 Å². The van der Waals surface area contributed by atoms with Gasteiger partial charge in [-0.3, -0.25) is 19.5 Å². The summed E-state index contributed by atoms with van der Waals surface area (Å²) in [5.41, 5.74) is 0.459. The van der Waals surface area contributed by atoms with Crippen molar-refractivity contribution in [3.63, 3.8) is 0 Å². The SMILES string of the molecule is O=C1C[C@@H]2CC[C@H](CNC(=O)c3cc(F)ccc3OCCN1)N2C(=O)c1cn[nH]c1. The molecule has 3 amide bonds. The van der Waals surface area contributed by atoms with Crippen LogP contribution in [0.15, 0.2) is 30.6 Å². The van der Waals surface area contributed by atoms with Gasteiger partial charge in [0, 0.05) is 31.2 Å². The number of nitrogens with one attached hydrogen (secondary N) is 3. The molecule has 0 spiro atoms. The Kier molecular flexibility index (Phi) is 5.64. The van der Waals surface area contributed by atoms with Crippen LogP contribution in [0.1, 0.15) is 40.0 Å². The molecule has 2 aliphatic heterocycles. The van der Waals surface area contributed by atoms with Crippen LogP contribution < -0.4 is 15.4 Å². The van der Waals surface area contributed by atoms with Crippen molar-refractivity contribution >= 4 is 17.7 Å². The summed E-state index contributed by atoms with van der Waals surface area (Å²) in [7, 11) is 0. The van der Waals surface area contributed by atoms with Gasteiger partial charge in [0.15, 0.2) is 0 Å². The number of nitrogens with zero attached hydrogens (tertiary/aromatic N) is 2. The van der Waals surface area contributed by atoms with Crippen LogP contribution in [0.25, 0.3) is 0 Å². The normalized spacial score (nSPS) is 22.4. The third-order valence-corrected chi connectivity index (χ3v) is 5.39. The first-order valence-corrected chi connectivity index (χ1v) is 9.81. The fourth-order valence-corrected chi connectivity index (χ4v) is 3.96. The molecule has 0 aliphatic carbocycles. The van der Waals surface area contributed by atoms with E-state index < -0.39 is 11.7 Å². The monoisotopic (exact) mass is 415 g/mol. The lowest BCUT2D eigenvalue weighted by molar-refractivity contribution is -0.122. The van der Waals surface area contributed by atoms with E-state index in [1.807, 2.05) is 0 Å². The molecule has 1 aromatic carbocycles. The summed E-state index contributed by atoms with van der Waals surface area (Å²) in [6.07, 6.45) is 4.37. The number of benzene rings is 1. The molecular formula is C20H22FN5O4. The Hall–Kier alpha value is -3.43. The molecule has 0 radical (unpaired) electrons. The zero-order valence-corrected chi connectivity index (χ0v) is 16.2. The molecule has 1 fully saturated rings. The van der Waals surface area contributed by atoms with Crippen LogP contribution in [0.4, 0.5) is 4.39 Å². The van der Waals surface area contributed by atoms with E-state index in [1.165, 1.54) is 24.5 Å². The molecule has 30 heavy (non-hydrogen) atoms. The quantitative estimate of drug-likeness (QED) is 0.639. The van der Waals surface area contributed by atoms with E-state index in [4.69, 9.17) is 4.74 Å². The van der Waals surface area contributed by atoms with Crippen molar-refractivity contribution in [3.8, 4) is 5.75 Å². The predicted molar refractivity (Wildman–Crippen MR) is 103 cm³/mol. The number of carbonyl (C=O) groups excluding carboxylic acids is 3. The summed E-state index contributed by atoms with van der Waals surface area (Å²) in [5.74, 6) is -1.24. The number of ether oxygens (including phenoxy) is 1. The molecule has 2 bridgehead atoms. The van der Waals surface area contributed by atoms with Crippen molar-refractivity contribution in [1.82, 2.24) is 25.7 Å². The van der Waals surface area contributed by atoms with E-state index in [-0.39, 0.29) is 61.3 Å². The Morgan fingerprint density at radius 1 is 1.20 bits per heavy atom. The fourth-order valence-electron chi connectivity index (χ4n) is 3.96. The Bertz CT molecular complexity index is 949. The smallest absolute Gasteiger partial charge is 0.257 e. The zero-order valence-electron chi connectivity index (χ0n) is 16.2. The summed E-state index contributed by atoms with van der Waals surface area (Å²) in [6, 6.07) is 3.12. The molecule has 2 aliphatic rings. The van der Waals surface area contributed by atoms with Gasteiger partial charge < -0.3 is 20.3 Å². The maximum atomic E-state index is 13.7. The van der Waals surface area contributed by atoms with E-state index in [0.29, 0.717) is 18.4 Å². The number of fused-ring (bicyclic) bond motifs is 3. The highest BCUT2D eigenvalue weighted by Crippen LogP contribution is 2.28. The average molecular weight is 415 g/mol. The molecular weight excluding hydrogens is 393 g/mol. The second kappa shape index (κ2) is 8.52. The highest BCUT2D eigenvalue weighted by atomic mass is 19.1. The number of aromatic amines is 1. The molecule has 0 saturated carbocycles. The second-order valence-corrected chi connectivity index (χ2v) is 7.34. The summed E-state index contributed by atoms with van der Waals surface area (Å²) in [5, 5.41) is 12.0. The van der Waals surface area contributed by atoms with Gasteiger partial charge in [0.05, 0.1) is 23.9 Å². The summed E-state index contributed by atoms with van der Waals surface area (Å²) >= 11 is 0. The molecule has 1 aromatic heterocycles. The van der Waals surface area contributed by atoms with Crippen LogP contribution in [0.2, 0.25) is 0 Å². The molecule has 4 rings (SSSR count). The topological polar surface area (TPSA) is 116 Å². The van der Waals surface area contributed by atoms with Crippen LogP contribution in [-0.2, 0) is 4.79 Å². The minimum absolute atomic E-state index is 0.0700. The lowest BCUT2D eigenvalue weighted by Gasteiger charge is -2.30. The van der Waals surface area contributed by atoms with Crippen molar-refractivity contribution in [3.05, 3.63) is 47.5 Å². The molecule has 1 saturated heterocycles. The first-order chi connectivity index (χ1) is 14.5. The number of amides is 3. The van der Waals surface area contributed by atoms with Gasteiger partial charge in [-0.05, 0) is 31.0 Å². The second-order valence-electron chi connectivity index (χ2n) is 7.34. The summed E-state index contributed by atoms with van der Waals surface area (Å²) in [6.45, 7) is 0.530. The van der Waals surface area contributed by atoms with Crippen LogP contribution in [0, 0.1) is 5.82 Å². The van der Waals surface area contributed by atoms with Crippen LogP contribution in [0.5, 0.6) is 5.75 Å². The van der Waals surface area contributed by atoms with Crippen LogP contribution in [0.3, 0.4) is 0 Å². The van der Waals surface area contributed by atoms with Crippen molar-refractivity contribution in [2.75, 3.05) is 19.7 Å². The van der Waals surface area contributed by atoms with E-state index in [0.717, 1.165) is 6.07 Å². The van der Waals surface area contributed by atoms with Crippen LogP contribution >= 0.6 is 0 Å². The molecule has 0 unspecified atom stereocenters. The fraction of sp³-hybridized carbons (Fsp3) is 0.400. The Morgan fingerprint density at radius 2 is 2.03 bits per heavy atom. The number of halogens is 1. The molecule has 10 heteroatoms. The molecule has 3 N–H and O–H groups in total. The maximum absolute atomic E-state index is 13.7. The number of carbonyl (C=O) groups is 3. The predicted octanol–water partition coefficient (Wildman–Crippen LogP) is 0.851. The standard InChI is InChI=1S/C20H22FN5O4/c21-13-1-4-17-16(7-13)19(28)23-11-15-3-2-14(8-18(27)22-5-6-30-17)26(15)20(29)12-9-24-25-10-12/h1,4,7,9-10,14-15H,2-3,5-6,8,11H2,(H,22,27)(H,23,28)(H,24,25)/t14-,15+/m0/s1. The average Bonchev–Trinajstić information content (AvgIpc) is 3.39. The van der Waals surface area contributed by atoms with Gasteiger partial charge in [-0.25, -0.2) is 4.39 Å². The van der Waals surface area contributed by atoms with Gasteiger partial charge in [-0.15, -0.1) is 0 Å². The first kappa shape index (κ1) is 19.9. The van der Waals surface area contributed by atoms with E-state index in [9.17, 15) is 18.8 Å². The minimum atomic E-state index is -0.556. The number of rotatable bonds is 1. The van der Waals surface area contributed by atoms with E-state index in [1.54, 1.807) is 4.90 Å². The maximum Gasteiger partial charge on any atom is 0.257 e. The van der Waals surface area contributed by atoms with Crippen molar-refractivity contribution in [1.29, 1.82) is 0 Å². The van der Waals surface area contributed by atoms with Gasteiger partial charge in [-0.1, -0.05) is 0 Å². The number of H-pyrrole nitrogens is 1. The third kappa shape index (κ3) is 4.12. The van der Waals surface area contributed by atoms with E-state index >= 15 is 0 Å². The molecule has 158 valence electrons. The number of aromatic nitrogens is 2. The summed E-state index contributed by atoms with van der Waals surface area (Å²) in [4.78, 5) is 39.8. The van der Waals surface area contributed by atoms with Gasteiger partial charge in [0.1, 0.15) is 18.2 Å². The largest absolute Gasteiger partial charge is 0.491 e. The Labute approximate surface area is 172 Å². The lowest BCUT2D eigenvalue weighted by Crippen LogP contribution is -2.48. The minimum Gasteiger partial charge on any atom is -0.491 e. The number of hydrogen-bond acceptors (Lipinski definition) is 5. The third-order valence-electron chi connectivity index (χ3n) is 5.39. The molecule has 3 heterocycles. The highest BCUT2D eigenvalue weighted by Gasteiger charge is 2.38. The first-order valence-electron chi connectivity index (χ1n) is 9.81. The van der Waals surface area contributed by atoms with Gasteiger partial charge in [0.2, 0.25) is 5.91 Å². The van der Waals surface area contributed by atoms with Crippen LogP contribution in [-0.4, -0.2) is 64.6 Å². The Morgan fingerprint density at radius 3 is 2.83 bits per heavy atom. The van der Waals surface area contributed by atoms with Crippen molar-refractivity contribution in [2.45, 2.75) is 31.3 Å². The van der Waals surface area contributed by atoms with Crippen molar-refractivity contribution in [2.24, 2.45) is 0 Å². The molecule has 9 nitrogen and oxygen atoms in total. The highest BCUT2D eigenvalue weighted by molar-refractivity contribution is 5.97. The molecule has 2 aromatic rings. The zero-order chi connectivity index (χ0) is 21.1. The Balaban J connectivity index is 1.61. The van der Waals surface area contributed by atoms with E-state index in [2.05, 4.69) is 20.8 Å². The van der Waals surface area contributed by atoms with Gasteiger partial charge in [0.25, 0.3) is 11.8 Å². The van der Waals surface area contributed by atoms with Gasteiger partial charge >= 0.3 is 0 Å². The number of hydrogen-bond donors (Lipinski definition) is 3. The summed E-state index contributed by atoms with van der Waals surface area (Å²) < 4.78 is 19.3. The van der Waals surface area contributed by atoms with Crippen molar-refractivity contribution < 1.29 is 23.5 Å². The lowest BCUT2D eigenvalue weighted by atomic mass is 10.1. The molecule has 2 atom stereocenters.